The van der Waals surface area contributed by atoms with Crippen LogP contribution in [0.1, 0.15) is 11.1 Å². The number of aryl methyl sites for hydroxylation is 2. The maximum Gasteiger partial charge on any atom is 0.121 e. The highest BCUT2D eigenvalue weighted by molar-refractivity contribution is 5.73. The van der Waals surface area contributed by atoms with Gasteiger partial charge in [-0.1, -0.05) is 12.1 Å². The molecule has 1 aromatic heterocycles. The van der Waals surface area contributed by atoms with Gasteiger partial charge < -0.3 is 5.11 Å². The first-order chi connectivity index (χ1) is 8.65. The Hall–Kier alpha value is -2.36. The highest BCUT2D eigenvalue weighted by atomic mass is 16.3. The monoisotopic (exact) mass is 239 g/mol. The Kier molecular flexibility index (Phi) is 2.30. The number of fused-ring (bicyclic) bond motifs is 1. The van der Waals surface area contributed by atoms with Gasteiger partial charge in [-0.2, -0.15) is 4.80 Å². The van der Waals surface area contributed by atoms with Crippen LogP contribution in [0, 0.1) is 13.8 Å². The topological polar surface area (TPSA) is 50.9 Å². The molecule has 0 bridgehead atoms. The molecule has 0 fully saturated rings. The molecule has 4 heteroatoms. The lowest BCUT2D eigenvalue weighted by Crippen LogP contribution is -1.99. The van der Waals surface area contributed by atoms with Crippen LogP contribution in [0.25, 0.3) is 16.7 Å². The van der Waals surface area contributed by atoms with Crippen molar-refractivity contribution in [2.24, 2.45) is 0 Å². The average Bonchev–Trinajstić information content (AvgIpc) is 2.79. The lowest BCUT2D eigenvalue weighted by Gasteiger charge is -2.06. The van der Waals surface area contributed by atoms with Gasteiger partial charge >= 0.3 is 0 Å². The Labute approximate surface area is 104 Å². The van der Waals surface area contributed by atoms with Crippen LogP contribution in [0.2, 0.25) is 0 Å². The smallest absolute Gasteiger partial charge is 0.121 e. The summed E-state index contributed by atoms with van der Waals surface area (Å²) in [6.07, 6.45) is 0. The van der Waals surface area contributed by atoms with E-state index in [4.69, 9.17) is 0 Å². The van der Waals surface area contributed by atoms with Gasteiger partial charge in [-0.25, -0.2) is 0 Å². The third-order valence-electron chi connectivity index (χ3n) is 2.99. The van der Waals surface area contributed by atoms with Crippen LogP contribution < -0.4 is 0 Å². The van der Waals surface area contributed by atoms with E-state index in [1.165, 1.54) is 0 Å². The third-order valence-corrected chi connectivity index (χ3v) is 2.99. The summed E-state index contributed by atoms with van der Waals surface area (Å²) < 4.78 is 0. The van der Waals surface area contributed by atoms with Crippen LogP contribution in [0.3, 0.4) is 0 Å². The fraction of sp³-hybridized carbons (Fsp3) is 0.143. The highest BCUT2D eigenvalue weighted by Gasteiger charge is 2.08. The van der Waals surface area contributed by atoms with E-state index in [9.17, 15) is 5.11 Å². The van der Waals surface area contributed by atoms with Crippen molar-refractivity contribution < 1.29 is 5.11 Å². The minimum atomic E-state index is 0.329. The van der Waals surface area contributed by atoms with E-state index in [0.717, 1.165) is 27.8 Å². The van der Waals surface area contributed by atoms with Crippen LogP contribution >= 0.6 is 0 Å². The molecule has 0 aliphatic heterocycles. The molecule has 0 aliphatic carbocycles. The number of rotatable bonds is 1. The minimum Gasteiger partial charge on any atom is -0.507 e. The molecule has 0 aliphatic rings. The molecule has 4 nitrogen and oxygen atoms in total. The summed E-state index contributed by atoms with van der Waals surface area (Å²) >= 11 is 0. The number of hydrogen-bond donors (Lipinski definition) is 1. The van der Waals surface area contributed by atoms with Crippen molar-refractivity contribution in [3.05, 3.63) is 47.5 Å². The summed E-state index contributed by atoms with van der Waals surface area (Å²) in [4.78, 5) is 1.60. The van der Waals surface area contributed by atoms with Crippen molar-refractivity contribution in [3.63, 3.8) is 0 Å². The van der Waals surface area contributed by atoms with Gasteiger partial charge in [-0.05, 0) is 49.2 Å². The number of hydrogen-bond acceptors (Lipinski definition) is 3. The van der Waals surface area contributed by atoms with E-state index in [1.54, 1.807) is 4.80 Å². The summed E-state index contributed by atoms with van der Waals surface area (Å²) in [7, 11) is 0. The number of phenols is 1. The fourth-order valence-corrected chi connectivity index (χ4v) is 2.02. The van der Waals surface area contributed by atoms with Gasteiger partial charge in [0, 0.05) is 0 Å². The second-order valence-electron chi connectivity index (χ2n) is 4.41. The Morgan fingerprint density at radius 3 is 1.94 bits per heavy atom. The average molecular weight is 239 g/mol. The Balaban J connectivity index is 2.20. The van der Waals surface area contributed by atoms with E-state index in [2.05, 4.69) is 10.2 Å². The van der Waals surface area contributed by atoms with Gasteiger partial charge in [0.15, 0.2) is 0 Å². The Bertz CT molecular complexity index is 675. The van der Waals surface area contributed by atoms with Crippen LogP contribution in [-0.4, -0.2) is 20.1 Å². The van der Waals surface area contributed by atoms with E-state index in [1.807, 2.05) is 50.2 Å². The van der Waals surface area contributed by atoms with Gasteiger partial charge in [0.05, 0.1) is 5.69 Å². The van der Waals surface area contributed by atoms with Gasteiger partial charge in [-0.15, -0.1) is 10.2 Å². The summed E-state index contributed by atoms with van der Waals surface area (Å²) in [6.45, 7) is 3.74. The fourth-order valence-electron chi connectivity index (χ4n) is 2.02. The van der Waals surface area contributed by atoms with Crippen LogP contribution in [0.15, 0.2) is 36.4 Å². The number of nitrogens with zero attached hydrogens (tertiary/aromatic N) is 3. The number of aromatic nitrogens is 3. The van der Waals surface area contributed by atoms with Crippen molar-refractivity contribution in [2.75, 3.05) is 0 Å². The van der Waals surface area contributed by atoms with E-state index >= 15 is 0 Å². The minimum absolute atomic E-state index is 0.329. The SMILES string of the molecule is Cc1cc(-n2nc3ccccc3n2)cc(C)c1O. The quantitative estimate of drug-likeness (QED) is 0.710. The van der Waals surface area contributed by atoms with Crippen molar-refractivity contribution >= 4 is 11.0 Å². The van der Waals surface area contributed by atoms with Gasteiger partial charge in [0.25, 0.3) is 0 Å². The summed E-state index contributed by atoms with van der Waals surface area (Å²) in [5.41, 5.74) is 4.23. The summed E-state index contributed by atoms with van der Waals surface area (Å²) in [6, 6.07) is 11.5. The van der Waals surface area contributed by atoms with Crippen LogP contribution in [-0.2, 0) is 0 Å². The van der Waals surface area contributed by atoms with Gasteiger partial charge in [-0.3, -0.25) is 0 Å². The molecule has 18 heavy (non-hydrogen) atoms. The molecule has 0 atom stereocenters. The molecule has 0 saturated heterocycles. The summed E-state index contributed by atoms with van der Waals surface area (Å²) in [5, 5.41) is 18.6. The predicted octanol–water partition coefficient (Wildman–Crippen LogP) is 2.74. The first kappa shape index (κ1) is 10.8. The molecule has 0 amide bonds. The maximum absolute atomic E-state index is 9.77. The lowest BCUT2D eigenvalue weighted by molar-refractivity contribution is 0.466. The maximum atomic E-state index is 9.77. The third kappa shape index (κ3) is 1.62. The number of benzene rings is 2. The molecule has 1 N–H and O–H groups in total. The molecule has 0 saturated carbocycles. The molecule has 1 heterocycles. The van der Waals surface area contributed by atoms with Crippen molar-refractivity contribution in [2.45, 2.75) is 13.8 Å². The zero-order valence-electron chi connectivity index (χ0n) is 10.3. The van der Waals surface area contributed by atoms with Crippen LogP contribution in [0.4, 0.5) is 0 Å². The predicted molar refractivity (Wildman–Crippen MR) is 70.0 cm³/mol. The van der Waals surface area contributed by atoms with Crippen molar-refractivity contribution in [1.82, 2.24) is 15.0 Å². The van der Waals surface area contributed by atoms with Crippen LogP contribution in [0.5, 0.6) is 5.75 Å². The zero-order chi connectivity index (χ0) is 12.7. The number of phenolic OH excluding ortho intramolecular Hbond substituents is 1. The van der Waals surface area contributed by atoms with E-state index in [0.29, 0.717) is 5.75 Å². The Morgan fingerprint density at radius 1 is 0.944 bits per heavy atom. The molecule has 90 valence electrons. The Morgan fingerprint density at radius 2 is 1.44 bits per heavy atom. The molecule has 0 spiro atoms. The molecule has 3 rings (SSSR count). The first-order valence-corrected chi connectivity index (χ1v) is 5.78. The second kappa shape index (κ2) is 3.84. The molecule has 0 unspecified atom stereocenters. The van der Waals surface area contributed by atoms with Crippen molar-refractivity contribution in [3.8, 4) is 11.4 Å². The zero-order valence-corrected chi connectivity index (χ0v) is 10.3. The summed E-state index contributed by atoms with van der Waals surface area (Å²) in [5.74, 6) is 0.329. The molecular weight excluding hydrogens is 226 g/mol. The second-order valence-corrected chi connectivity index (χ2v) is 4.41. The lowest BCUT2D eigenvalue weighted by atomic mass is 10.1. The molecule has 3 aromatic rings. The molecular formula is C14H13N3O. The molecule has 2 aromatic carbocycles. The van der Waals surface area contributed by atoms with Gasteiger partial charge in [0.2, 0.25) is 0 Å². The standard InChI is InChI=1S/C14H13N3O/c1-9-7-11(8-10(2)14(9)18)17-15-12-5-3-4-6-13(12)16-17/h3-8,18H,1-2H3. The number of aromatic hydroxyl groups is 1. The van der Waals surface area contributed by atoms with E-state index < -0.39 is 0 Å². The highest BCUT2D eigenvalue weighted by Crippen LogP contribution is 2.24. The molecule has 0 radical (unpaired) electrons. The first-order valence-electron chi connectivity index (χ1n) is 5.78. The largest absolute Gasteiger partial charge is 0.507 e. The van der Waals surface area contributed by atoms with Crippen molar-refractivity contribution in [1.29, 1.82) is 0 Å². The van der Waals surface area contributed by atoms with Gasteiger partial charge in [0.1, 0.15) is 16.8 Å². The normalized spacial score (nSPS) is 11.0. The van der Waals surface area contributed by atoms with E-state index in [-0.39, 0.29) is 0 Å².